The molecular weight excluding hydrogens is 439 g/mol. The van der Waals surface area contributed by atoms with Crippen LogP contribution in [0.15, 0.2) is 54.9 Å². The van der Waals surface area contributed by atoms with Gasteiger partial charge in [-0.05, 0) is 35.9 Å². The van der Waals surface area contributed by atoms with E-state index in [1.165, 1.54) is 12.1 Å². The van der Waals surface area contributed by atoms with E-state index in [1.807, 2.05) is 18.2 Å². The standard InChI is InChI=1S/C24H21FN6O3/c1-31-21-18-7-8-26-11-15(18)5-6-19(21)34-13-16(24(31)33)12-27-23(32)22-28-20(29-30-22)10-14-3-2-4-17(25)9-14/h2-9,11,16H,10,12-13H2,1H3,(H,27,32)(H,28,29,30)/t16-/m0/s1. The number of carbonyl (C=O) groups is 2. The van der Waals surface area contributed by atoms with Crippen LogP contribution in [0.3, 0.4) is 0 Å². The fourth-order valence-corrected chi connectivity index (χ4v) is 4.00. The monoisotopic (exact) mass is 460 g/mol. The number of rotatable bonds is 5. The second-order valence-corrected chi connectivity index (χ2v) is 8.04. The Labute approximate surface area is 194 Å². The van der Waals surface area contributed by atoms with Crippen LogP contribution in [0, 0.1) is 11.7 Å². The van der Waals surface area contributed by atoms with Crippen molar-refractivity contribution in [2.45, 2.75) is 6.42 Å². The zero-order valence-corrected chi connectivity index (χ0v) is 18.3. The highest BCUT2D eigenvalue weighted by atomic mass is 19.1. The number of nitrogens with one attached hydrogen (secondary N) is 2. The zero-order chi connectivity index (χ0) is 23.7. The summed E-state index contributed by atoms with van der Waals surface area (Å²) in [6.07, 6.45) is 3.71. The molecule has 0 spiro atoms. The first kappa shape index (κ1) is 21.5. The molecule has 1 atom stereocenters. The number of hydrogen-bond acceptors (Lipinski definition) is 6. The number of hydrogen-bond donors (Lipinski definition) is 2. The van der Waals surface area contributed by atoms with E-state index < -0.39 is 11.8 Å². The van der Waals surface area contributed by atoms with E-state index in [9.17, 15) is 14.0 Å². The van der Waals surface area contributed by atoms with Crippen LogP contribution in [0.4, 0.5) is 10.1 Å². The Bertz CT molecular complexity index is 1390. The van der Waals surface area contributed by atoms with E-state index in [4.69, 9.17) is 4.74 Å². The normalized spacial score (nSPS) is 15.5. The van der Waals surface area contributed by atoms with Gasteiger partial charge >= 0.3 is 0 Å². The maximum atomic E-state index is 13.4. The number of pyridine rings is 1. The Morgan fingerprint density at radius 3 is 3.03 bits per heavy atom. The summed E-state index contributed by atoms with van der Waals surface area (Å²) in [6, 6.07) is 11.7. The third kappa shape index (κ3) is 4.17. The highest BCUT2D eigenvalue weighted by molar-refractivity contribution is 6.07. The van der Waals surface area contributed by atoms with Crippen LogP contribution in [-0.4, -0.2) is 52.2 Å². The van der Waals surface area contributed by atoms with E-state index in [0.717, 1.165) is 10.8 Å². The quantitative estimate of drug-likeness (QED) is 0.473. The first-order chi connectivity index (χ1) is 16.5. The van der Waals surface area contributed by atoms with Gasteiger partial charge in [0.2, 0.25) is 11.7 Å². The zero-order valence-electron chi connectivity index (χ0n) is 18.3. The highest BCUT2D eigenvalue weighted by Crippen LogP contribution is 2.38. The Morgan fingerprint density at radius 2 is 2.18 bits per heavy atom. The molecule has 4 aromatic rings. The summed E-state index contributed by atoms with van der Waals surface area (Å²) in [4.78, 5) is 35.6. The first-order valence-electron chi connectivity index (χ1n) is 10.7. The third-order valence-electron chi connectivity index (χ3n) is 5.71. The Hall–Kier alpha value is -4.34. The summed E-state index contributed by atoms with van der Waals surface area (Å²) in [6.45, 7) is 0.176. The second kappa shape index (κ2) is 8.89. The molecule has 0 aliphatic carbocycles. The molecule has 0 fully saturated rings. The van der Waals surface area contributed by atoms with Crippen LogP contribution in [0.5, 0.6) is 5.75 Å². The van der Waals surface area contributed by atoms with Gasteiger partial charge < -0.3 is 15.0 Å². The molecule has 10 heteroatoms. The molecule has 2 amide bonds. The molecule has 5 rings (SSSR count). The number of benzene rings is 2. The first-order valence-corrected chi connectivity index (χ1v) is 10.7. The van der Waals surface area contributed by atoms with Gasteiger partial charge in [0.25, 0.3) is 5.91 Å². The molecule has 0 saturated carbocycles. The highest BCUT2D eigenvalue weighted by Gasteiger charge is 2.31. The third-order valence-corrected chi connectivity index (χ3v) is 5.71. The molecular formula is C24H21FN6O3. The SMILES string of the molecule is CN1C(=O)[C@@H](CNC(=O)c2n[nH]c(Cc3cccc(F)c3)n2)COc2ccc3cnccc3c21. The lowest BCUT2D eigenvalue weighted by Crippen LogP contribution is -2.41. The number of H-pyrrole nitrogens is 1. The van der Waals surface area contributed by atoms with Gasteiger partial charge in [-0.2, -0.15) is 0 Å². The van der Waals surface area contributed by atoms with Gasteiger partial charge in [-0.3, -0.25) is 19.7 Å². The smallest absolute Gasteiger partial charge is 0.290 e. The van der Waals surface area contributed by atoms with Crippen molar-refractivity contribution in [2.24, 2.45) is 5.92 Å². The Balaban J connectivity index is 1.26. The summed E-state index contributed by atoms with van der Waals surface area (Å²) in [5.74, 6) is -0.657. The Morgan fingerprint density at radius 1 is 1.29 bits per heavy atom. The lowest BCUT2D eigenvalue weighted by atomic mass is 10.1. The van der Waals surface area contributed by atoms with E-state index in [0.29, 0.717) is 29.2 Å². The fourth-order valence-electron chi connectivity index (χ4n) is 4.00. The van der Waals surface area contributed by atoms with Crippen LogP contribution >= 0.6 is 0 Å². The molecule has 0 unspecified atom stereocenters. The minimum absolute atomic E-state index is 0.0523. The van der Waals surface area contributed by atoms with Crippen molar-refractivity contribution in [3.8, 4) is 5.75 Å². The van der Waals surface area contributed by atoms with Gasteiger partial charge in [-0.1, -0.05) is 12.1 Å². The molecule has 0 saturated heterocycles. The molecule has 0 bridgehead atoms. The molecule has 0 radical (unpaired) electrons. The maximum Gasteiger partial charge on any atom is 0.290 e. The average Bonchev–Trinajstić information content (AvgIpc) is 3.26. The van der Waals surface area contributed by atoms with Crippen molar-refractivity contribution >= 4 is 28.3 Å². The summed E-state index contributed by atoms with van der Waals surface area (Å²) in [7, 11) is 1.69. The van der Waals surface area contributed by atoms with Crippen molar-refractivity contribution in [2.75, 3.05) is 25.1 Å². The molecule has 172 valence electrons. The molecule has 1 aliphatic rings. The number of amides is 2. The number of anilines is 1. The number of nitrogens with zero attached hydrogens (tertiary/aromatic N) is 4. The van der Waals surface area contributed by atoms with Crippen molar-refractivity contribution < 1.29 is 18.7 Å². The lowest BCUT2D eigenvalue weighted by Gasteiger charge is -2.21. The van der Waals surface area contributed by atoms with E-state index in [1.54, 1.807) is 36.5 Å². The average molecular weight is 460 g/mol. The van der Waals surface area contributed by atoms with Crippen molar-refractivity contribution in [1.29, 1.82) is 0 Å². The van der Waals surface area contributed by atoms with Gasteiger partial charge in [-0.15, -0.1) is 5.10 Å². The number of fused-ring (bicyclic) bond motifs is 3. The van der Waals surface area contributed by atoms with Crippen molar-refractivity contribution in [1.82, 2.24) is 25.5 Å². The lowest BCUT2D eigenvalue weighted by molar-refractivity contribution is -0.122. The van der Waals surface area contributed by atoms with E-state index in [-0.39, 0.29) is 30.7 Å². The minimum atomic E-state index is -0.594. The number of carbonyl (C=O) groups excluding carboxylic acids is 2. The number of aromatic nitrogens is 4. The topological polar surface area (TPSA) is 113 Å². The molecule has 34 heavy (non-hydrogen) atoms. The summed E-state index contributed by atoms with van der Waals surface area (Å²) in [5, 5.41) is 11.1. The fraction of sp³-hybridized carbons (Fsp3) is 0.208. The molecule has 3 heterocycles. The number of halogens is 1. The number of aromatic amines is 1. The second-order valence-electron chi connectivity index (χ2n) is 8.04. The van der Waals surface area contributed by atoms with Gasteiger partial charge in [0.1, 0.15) is 24.0 Å². The maximum absolute atomic E-state index is 13.4. The molecule has 2 aromatic carbocycles. The molecule has 2 N–H and O–H groups in total. The van der Waals surface area contributed by atoms with E-state index in [2.05, 4.69) is 25.5 Å². The molecule has 9 nitrogen and oxygen atoms in total. The van der Waals surface area contributed by atoms with Gasteiger partial charge in [0.15, 0.2) is 0 Å². The minimum Gasteiger partial charge on any atom is -0.490 e. The molecule has 2 aromatic heterocycles. The van der Waals surface area contributed by atoms with E-state index >= 15 is 0 Å². The largest absolute Gasteiger partial charge is 0.490 e. The van der Waals surface area contributed by atoms with Crippen molar-refractivity contribution in [3.63, 3.8) is 0 Å². The number of ether oxygens (including phenoxy) is 1. The van der Waals surface area contributed by atoms with Crippen LogP contribution < -0.4 is 15.0 Å². The van der Waals surface area contributed by atoms with Crippen molar-refractivity contribution in [3.05, 3.63) is 77.9 Å². The van der Waals surface area contributed by atoms with Crippen LogP contribution in [-0.2, 0) is 11.2 Å². The molecule has 1 aliphatic heterocycles. The summed E-state index contributed by atoms with van der Waals surface area (Å²) >= 11 is 0. The van der Waals surface area contributed by atoms with Crippen LogP contribution in [0.25, 0.3) is 10.8 Å². The van der Waals surface area contributed by atoms with Crippen LogP contribution in [0.2, 0.25) is 0 Å². The van der Waals surface area contributed by atoms with Gasteiger partial charge in [0.05, 0.1) is 11.6 Å². The van der Waals surface area contributed by atoms with Crippen LogP contribution in [0.1, 0.15) is 22.0 Å². The van der Waals surface area contributed by atoms with Gasteiger partial charge in [-0.25, -0.2) is 9.37 Å². The summed E-state index contributed by atoms with van der Waals surface area (Å²) in [5.41, 5.74) is 1.38. The summed E-state index contributed by atoms with van der Waals surface area (Å²) < 4.78 is 19.3. The predicted octanol–water partition coefficient (Wildman–Crippen LogP) is 2.48. The Kier molecular flexibility index (Phi) is 5.62. The van der Waals surface area contributed by atoms with Gasteiger partial charge in [0, 0.05) is 43.2 Å². The predicted molar refractivity (Wildman–Crippen MR) is 122 cm³/mol.